The third-order valence-electron chi connectivity index (χ3n) is 5.90. The van der Waals surface area contributed by atoms with Gasteiger partial charge in [0.2, 0.25) is 6.29 Å². The zero-order valence-electron chi connectivity index (χ0n) is 20.2. The van der Waals surface area contributed by atoms with Gasteiger partial charge in [-0.2, -0.15) is 0 Å². The van der Waals surface area contributed by atoms with Crippen molar-refractivity contribution in [1.29, 1.82) is 0 Å². The van der Waals surface area contributed by atoms with Crippen LogP contribution in [-0.2, 0) is 9.47 Å². The fourth-order valence-electron chi connectivity index (χ4n) is 3.87. The van der Waals surface area contributed by atoms with Gasteiger partial charge in [-0.1, -0.05) is 24.3 Å². The summed E-state index contributed by atoms with van der Waals surface area (Å²) in [4.78, 5) is 12.7. The third-order valence-corrected chi connectivity index (χ3v) is 5.90. The molecule has 0 aliphatic carbocycles. The number of aromatic hydroxyl groups is 5. The molecule has 8 N–H and O–H groups in total. The maximum Gasteiger partial charge on any atom is 0.339 e. The van der Waals surface area contributed by atoms with Crippen LogP contribution in [0.4, 0.5) is 0 Å². The number of phenols is 5. The van der Waals surface area contributed by atoms with Crippen molar-refractivity contribution in [3.63, 3.8) is 0 Å². The first kappa shape index (κ1) is 27.5. The summed E-state index contributed by atoms with van der Waals surface area (Å²) in [6.45, 7) is -0.709. The summed E-state index contributed by atoms with van der Waals surface area (Å²) in [7, 11) is 0. The number of phenolic OH excluding ortho intramolecular Hbond substituents is 5. The minimum Gasteiger partial charge on any atom is -0.508 e. The van der Waals surface area contributed by atoms with Gasteiger partial charge < -0.3 is 55.1 Å². The molecule has 39 heavy (non-hydrogen) atoms. The fourth-order valence-corrected chi connectivity index (χ4v) is 3.87. The highest BCUT2D eigenvalue weighted by Gasteiger charge is 2.48. The van der Waals surface area contributed by atoms with Crippen LogP contribution in [0.1, 0.15) is 21.5 Å². The summed E-state index contributed by atoms with van der Waals surface area (Å²) in [5.41, 5.74) is 0.846. The van der Waals surface area contributed by atoms with Crippen LogP contribution in [0.3, 0.4) is 0 Å². The van der Waals surface area contributed by atoms with Gasteiger partial charge in [0, 0.05) is 6.07 Å². The maximum atomic E-state index is 12.7. The van der Waals surface area contributed by atoms with Crippen LogP contribution in [0.25, 0.3) is 12.2 Å². The molecule has 0 radical (unpaired) electrons. The van der Waals surface area contributed by atoms with E-state index < -0.39 is 66.1 Å². The van der Waals surface area contributed by atoms with Gasteiger partial charge in [-0.05, 0) is 47.5 Å². The normalized spacial score (nSPS) is 23.0. The topological polar surface area (TPSA) is 207 Å². The largest absolute Gasteiger partial charge is 0.508 e. The van der Waals surface area contributed by atoms with Crippen LogP contribution in [0.15, 0.2) is 54.6 Å². The second-order valence-electron chi connectivity index (χ2n) is 8.74. The number of carbonyl (C=O) groups is 1. The molecule has 3 aromatic rings. The summed E-state index contributed by atoms with van der Waals surface area (Å²) in [5.74, 6) is -3.70. The van der Waals surface area contributed by atoms with Gasteiger partial charge in [0.05, 0.1) is 12.2 Å². The number of rotatable bonds is 7. The van der Waals surface area contributed by atoms with Crippen molar-refractivity contribution in [2.75, 3.05) is 6.61 Å². The Bertz CT molecular complexity index is 1330. The quantitative estimate of drug-likeness (QED) is 0.121. The Labute approximate surface area is 221 Å². The molecule has 1 heterocycles. The van der Waals surface area contributed by atoms with E-state index in [1.807, 2.05) is 0 Å². The SMILES string of the molecule is O=C(O[C@H]1[C@H](Oc2cc(O)cc(/C=C\c3ccc(O)cc3)c2)O[C@H](CO)[C@@H](O)[C@@H]1O)c1cc(O)c(O)c(O)c1. The Morgan fingerprint density at radius 2 is 1.46 bits per heavy atom. The van der Waals surface area contributed by atoms with E-state index in [2.05, 4.69) is 0 Å². The first-order valence-corrected chi connectivity index (χ1v) is 11.6. The lowest BCUT2D eigenvalue weighted by atomic mass is 9.99. The van der Waals surface area contributed by atoms with Gasteiger partial charge in [0.25, 0.3) is 0 Å². The standard InChI is InChI=1S/C27H26O12/c28-12-21-23(34)24(35)25(39-26(36)15-9-19(31)22(33)20(32)10-15)27(38-21)37-18-8-14(7-17(30)11-18)2-1-13-3-5-16(29)6-4-13/h1-11,21,23-25,27-35H,12H2/b2-1-/t21-,23-,24+,25-,27-/m1/s1. The highest BCUT2D eigenvalue weighted by Crippen LogP contribution is 2.36. The van der Waals surface area contributed by atoms with E-state index in [-0.39, 0.29) is 17.2 Å². The lowest BCUT2D eigenvalue weighted by Crippen LogP contribution is -2.61. The van der Waals surface area contributed by atoms with Crippen LogP contribution in [-0.4, -0.2) is 84.1 Å². The first-order valence-electron chi connectivity index (χ1n) is 11.6. The number of hydrogen-bond acceptors (Lipinski definition) is 12. The summed E-state index contributed by atoms with van der Waals surface area (Å²) >= 11 is 0. The number of aliphatic hydroxyl groups is 3. The molecule has 1 fully saturated rings. The average Bonchev–Trinajstić information content (AvgIpc) is 2.90. The molecule has 0 unspecified atom stereocenters. The summed E-state index contributed by atoms with van der Waals surface area (Å²) in [6.07, 6.45) is -4.68. The molecule has 4 rings (SSSR count). The van der Waals surface area contributed by atoms with Crippen molar-refractivity contribution in [3.05, 3.63) is 71.3 Å². The van der Waals surface area contributed by atoms with Crippen molar-refractivity contribution in [3.8, 4) is 34.5 Å². The molecular formula is C27H26O12. The molecule has 0 saturated carbocycles. The molecule has 0 spiro atoms. The van der Waals surface area contributed by atoms with E-state index in [1.165, 1.54) is 30.3 Å². The van der Waals surface area contributed by atoms with Crippen molar-refractivity contribution < 1.29 is 59.9 Å². The number of hydrogen-bond donors (Lipinski definition) is 8. The van der Waals surface area contributed by atoms with Crippen LogP contribution in [0, 0.1) is 0 Å². The minimum absolute atomic E-state index is 0.0200. The van der Waals surface area contributed by atoms with Gasteiger partial charge in [0.15, 0.2) is 23.4 Å². The molecule has 1 aliphatic rings. The lowest BCUT2D eigenvalue weighted by Gasteiger charge is -2.41. The van der Waals surface area contributed by atoms with Gasteiger partial charge in [-0.3, -0.25) is 0 Å². The zero-order valence-corrected chi connectivity index (χ0v) is 20.2. The molecule has 1 aliphatic heterocycles. The molecule has 0 bridgehead atoms. The molecule has 5 atom stereocenters. The molecular weight excluding hydrogens is 516 g/mol. The predicted octanol–water partition coefficient (Wildman–Crippen LogP) is 1.43. The third kappa shape index (κ3) is 6.33. The lowest BCUT2D eigenvalue weighted by molar-refractivity contribution is -0.276. The first-order chi connectivity index (χ1) is 18.5. The number of benzene rings is 3. The second kappa shape index (κ2) is 11.5. The highest BCUT2D eigenvalue weighted by molar-refractivity contribution is 5.91. The zero-order chi connectivity index (χ0) is 28.3. The van der Waals surface area contributed by atoms with E-state index in [9.17, 15) is 45.6 Å². The van der Waals surface area contributed by atoms with Gasteiger partial charge >= 0.3 is 5.97 Å². The number of carbonyl (C=O) groups excluding carboxylic acids is 1. The van der Waals surface area contributed by atoms with Crippen LogP contribution >= 0.6 is 0 Å². The molecule has 206 valence electrons. The van der Waals surface area contributed by atoms with E-state index >= 15 is 0 Å². The number of ether oxygens (including phenoxy) is 3. The second-order valence-corrected chi connectivity index (χ2v) is 8.74. The maximum absolute atomic E-state index is 12.7. The van der Waals surface area contributed by atoms with Crippen molar-refractivity contribution >= 4 is 18.1 Å². The van der Waals surface area contributed by atoms with E-state index in [0.29, 0.717) is 5.56 Å². The molecule has 12 heteroatoms. The molecule has 1 saturated heterocycles. The monoisotopic (exact) mass is 542 g/mol. The van der Waals surface area contributed by atoms with Crippen LogP contribution < -0.4 is 4.74 Å². The molecule has 0 amide bonds. The Balaban J connectivity index is 1.59. The van der Waals surface area contributed by atoms with Gasteiger partial charge in [-0.15, -0.1) is 0 Å². The Kier molecular flexibility index (Phi) is 8.12. The van der Waals surface area contributed by atoms with Gasteiger partial charge in [0.1, 0.15) is 35.6 Å². The molecule has 0 aromatic heterocycles. The van der Waals surface area contributed by atoms with Gasteiger partial charge in [-0.25, -0.2) is 4.79 Å². The smallest absolute Gasteiger partial charge is 0.339 e. The van der Waals surface area contributed by atoms with Crippen LogP contribution in [0.2, 0.25) is 0 Å². The van der Waals surface area contributed by atoms with Crippen molar-refractivity contribution in [1.82, 2.24) is 0 Å². The molecule has 3 aromatic carbocycles. The number of aliphatic hydroxyl groups excluding tert-OH is 3. The summed E-state index contributed by atoms with van der Waals surface area (Å²) in [6, 6.07) is 12.2. The van der Waals surface area contributed by atoms with E-state index in [1.54, 1.807) is 24.3 Å². The fraction of sp³-hybridized carbons (Fsp3) is 0.222. The number of esters is 1. The summed E-state index contributed by atoms with van der Waals surface area (Å²) < 4.78 is 16.6. The average molecular weight is 542 g/mol. The Morgan fingerprint density at radius 1 is 0.821 bits per heavy atom. The highest BCUT2D eigenvalue weighted by atomic mass is 16.7. The summed E-state index contributed by atoms with van der Waals surface area (Å²) in [5, 5.41) is 79.1. The molecule has 12 nitrogen and oxygen atoms in total. The minimum atomic E-state index is -1.80. The van der Waals surface area contributed by atoms with Crippen molar-refractivity contribution in [2.24, 2.45) is 0 Å². The predicted molar refractivity (Wildman–Crippen MR) is 134 cm³/mol. The Hall–Kier alpha value is -4.49. The Morgan fingerprint density at radius 3 is 2.10 bits per heavy atom. The van der Waals surface area contributed by atoms with E-state index in [0.717, 1.165) is 17.7 Å². The van der Waals surface area contributed by atoms with E-state index in [4.69, 9.17) is 14.2 Å². The van der Waals surface area contributed by atoms with Crippen LogP contribution in [0.5, 0.6) is 34.5 Å². The van der Waals surface area contributed by atoms with Crippen molar-refractivity contribution in [2.45, 2.75) is 30.7 Å².